The van der Waals surface area contributed by atoms with Crippen LogP contribution >= 0.6 is 23.4 Å². The van der Waals surface area contributed by atoms with Crippen LogP contribution in [-0.2, 0) is 30.4 Å². The van der Waals surface area contributed by atoms with E-state index in [4.69, 9.17) is 27.5 Å². The maximum atomic E-state index is 13.7. The summed E-state index contributed by atoms with van der Waals surface area (Å²) in [5.41, 5.74) is 7.32. The van der Waals surface area contributed by atoms with Gasteiger partial charge in [-0.1, -0.05) is 23.7 Å². The van der Waals surface area contributed by atoms with Gasteiger partial charge in [-0.25, -0.2) is 0 Å². The number of aliphatic hydroxyl groups is 1. The number of nitrogens with two attached hydrogens (primary N) is 1. The number of carbonyl (C=O) groups excluding carboxylic acids is 4. The molecule has 2 atom stereocenters. The normalized spacial score (nSPS) is 14.3. The van der Waals surface area contributed by atoms with Crippen molar-refractivity contribution in [3.05, 3.63) is 64.7 Å². The number of aliphatic hydroxyl groups excluding tert-OH is 1. The summed E-state index contributed by atoms with van der Waals surface area (Å²) < 4.78 is 0. The highest BCUT2D eigenvalue weighted by molar-refractivity contribution is 8.01. The molecule has 1 saturated heterocycles. The number of anilines is 1. The molecule has 1 aliphatic heterocycles. The van der Waals surface area contributed by atoms with Crippen molar-refractivity contribution in [2.75, 3.05) is 69.6 Å². The molecule has 2 aromatic carbocycles. The minimum atomic E-state index is -1.43. The van der Waals surface area contributed by atoms with Gasteiger partial charge in [-0.05, 0) is 54.8 Å². The lowest BCUT2D eigenvalue weighted by atomic mass is 10.1. The van der Waals surface area contributed by atoms with Crippen LogP contribution in [0.2, 0.25) is 5.02 Å². The molecular weight excluding hydrogens is 692 g/mol. The van der Waals surface area contributed by atoms with Crippen molar-refractivity contribution in [2.45, 2.75) is 30.6 Å². The quantitative estimate of drug-likeness (QED) is 0.0846. The van der Waals surface area contributed by atoms with Crippen molar-refractivity contribution in [2.24, 2.45) is 5.73 Å². The van der Waals surface area contributed by atoms with Crippen LogP contribution in [-0.4, -0.2) is 137 Å². The molecule has 1 heterocycles. The Hall–Kier alpha value is -4.22. The molecule has 7 N–H and O–H groups in total. The second kappa shape index (κ2) is 20.5. The van der Waals surface area contributed by atoms with Gasteiger partial charge in [0, 0.05) is 74.3 Å². The van der Waals surface area contributed by atoms with Crippen LogP contribution in [0.4, 0.5) is 5.69 Å². The van der Waals surface area contributed by atoms with E-state index in [1.165, 1.54) is 10.5 Å². The predicted molar refractivity (Wildman–Crippen MR) is 188 cm³/mol. The van der Waals surface area contributed by atoms with Gasteiger partial charge >= 0.3 is 11.9 Å². The van der Waals surface area contributed by atoms with Crippen LogP contribution in [0.5, 0.6) is 0 Å². The highest BCUT2D eigenvalue weighted by atomic mass is 35.5. The van der Waals surface area contributed by atoms with Crippen LogP contribution in [0.3, 0.4) is 0 Å². The lowest BCUT2D eigenvalue weighted by Crippen LogP contribution is -2.49. The number of carbonyl (C=O) groups is 6. The molecule has 15 nitrogen and oxygen atoms in total. The second-order valence-electron chi connectivity index (χ2n) is 11.5. The fraction of sp³-hybridized carbons (Fsp3) is 0.455. The van der Waals surface area contributed by atoms with Gasteiger partial charge in [-0.2, -0.15) is 0 Å². The summed E-state index contributed by atoms with van der Waals surface area (Å²) in [6.07, 6.45) is 0.665. The van der Waals surface area contributed by atoms with E-state index >= 15 is 0 Å². The molecule has 272 valence electrons. The van der Waals surface area contributed by atoms with E-state index in [1.54, 1.807) is 29.2 Å². The zero-order valence-electron chi connectivity index (χ0n) is 27.5. The first kappa shape index (κ1) is 40.2. The van der Waals surface area contributed by atoms with Crippen molar-refractivity contribution in [3.8, 4) is 0 Å². The van der Waals surface area contributed by atoms with E-state index in [9.17, 15) is 33.9 Å². The monoisotopic (exact) mass is 734 g/mol. The number of aliphatic carboxylic acids is 2. The summed E-state index contributed by atoms with van der Waals surface area (Å²) in [5.74, 6) is -4.71. The third-order valence-electron chi connectivity index (χ3n) is 7.89. The predicted octanol–water partition coefficient (Wildman–Crippen LogP) is 0.277. The Balaban J connectivity index is 1.60. The summed E-state index contributed by atoms with van der Waals surface area (Å²) in [6, 6.07) is 12.8. The van der Waals surface area contributed by atoms with Crippen molar-refractivity contribution >= 4 is 64.6 Å². The van der Waals surface area contributed by atoms with Crippen molar-refractivity contribution in [3.63, 3.8) is 0 Å². The van der Waals surface area contributed by atoms with Crippen molar-refractivity contribution in [1.82, 2.24) is 20.4 Å². The number of thioether (sulfide) groups is 1. The third kappa shape index (κ3) is 12.9. The van der Waals surface area contributed by atoms with Crippen LogP contribution in [0, 0.1) is 0 Å². The largest absolute Gasteiger partial charge is 0.480 e. The molecule has 50 heavy (non-hydrogen) atoms. The maximum absolute atomic E-state index is 13.7. The highest BCUT2D eigenvalue weighted by Crippen LogP contribution is 2.22. The molecule has 0 radical (unpaired) electrons. The fourth-order valence-corrected chi connectivity index (χ4v) is 6.15. The van der Waals surface area contributed by atoms with Gasteiger partial charge in [0.25, 0.3) is 5.91 Å². The number of piperazine rings is 1. The highest BCUT2D eigenvalue weighted by Gasteiger charge is 2.32. The van der Waals surface area contributed by atoms with Gasteiger partial charge < -0.3 is 41.5 Å². The Morgan fingerprint density at radius 1 is 0.940 bits per heavy atom. The molecule has 3 rings (SSSR count). The number of hydrogen-bond acceptors (Lipinski definition) is 10. The first-order valence-electron chi connectivity index (χ1n) is 16.0. The number of carboxylic acids is 2. The van der Waals surface area contributed by atoms with Gasteiger partial charge in [-0.15, -0.1) is 11.8 Å². The first-order valence-corrected chi connectivity index (χ1v) is 17.5. The van der Waals surface area contributed by atoms with E-state index < -0.39 is 54.1 Å². The Morgan fingerprint density at radius 2 is 1.60 bits per heavy atom. The van der Waals surface area contributed by atoms with E-state index in [0.29, 0.717) is 29.4 Å². The first-order chi connectivity index (χ1) is 23.9. The molecule has 1 aliphatic rings. The number of nitrogens with one attached hydrogen (secondary N) is 2. The fourth-order valence-electron chi connectivity index (χ4n) is 5.07. The van der Waals surface area contributed by atoms with Gasteiger partial charge in [-0.3, -0.25) is 33.7 Å². The SMILES string of the molecule is N[C@H](CCC(=O)NCCSC(C(=O)NCC(=O)O)C(=O)N(CCO)c1ccc(C(=O)N2CCN(CCc3ccc(Cl)cc3)CC2)cc1)C(=O)O. The number of amides is 4. The summed E-state index contributed by atoms with van der Waals surface area (Å²) >= 11 is 6.83. The lowest BCUT2D eigenvalue weighted by molar-refractivity contribution is -0.139. The smallest absolute Gasteiger partial charge is 0.322 e. The van der Waals surface area contributed by atoms with Crippen molar-refractivity contribution in [1.29, 1.82) is 0 Å². The molecule has 1 unspecified atom stereocenters. The molecule has 17 heteroatoms. The summed E-state index contributed by atoms with van der Waals surface area (Å²) in [7, 11) is 0. The van der Waals surface area contributed by atoms with E-state index in [-0.39, 0.29) is 37.6 Å². The topological polar surface area (TPSA) is 223 Å². The Labute approximate surface area is 299 Å². The molecule has 4 amide bonds. The zero-order chi connectivity index (χ0) is 36.6. The Kier molecular flexibility index (Phi) is 16.4. The summed E-state index contributed by atoms with van der Waals surface area (Å²) in [5, 5.41) is 31.7. The van der Waals surface area contributed by atoms with Crippen LogP contribution in [0.15, 0.2) is 48.5 Å². The number of hydrogen-bond donors (Lipinski definition) is 6. The average Bonchev–Trinajstić information content (AvgIpc) is 3.11. The van der Waals surface area contributed by atoms with E-state index in [1.807, 2.05) is 24.3 Å². The number of benzene rings is 2. The lowest BCUT2D eigenvalue weighted by Gasteiger charge is -2.35. The minimum absolute atomic E-state index is 0.0230. The molecule has 0 aliphatic carbocycles. The van der Waals surface area contributed by atoms with Crippen LogP contribution in [0.1, 0.15) is 28.8 Å². The number of halogens is 1. The molecule has 1 fully saturated rings. The van der Waals surface area contributed by atoms with E-state index in [0.717, 1.165) is 37.8 Å². The van der Waals surface area contributed by atoms with Crippen LogP contribution < -0.4 is 21.3 Å². The molecule has 0 saturated carbocycles. The number of carboxylic acid groups (broad SMARTS) is 2. The third-order valence-corrected chi connectivity index (χ3v) is 9.33. The van der Waals surface area contributed by atoms with Gasteiger partial charge in [0.05, 0.1) is 6.61 Å². The Morgan fingerprint density at radius 3 is 2.20 bits per heavy atom. The second-order valence-corrected chi connectivity index (χ2v) is 13.1. The molecular formula is C33H43ClN6O9S. The zero-order valence-corrected chi connectivity index (χ0v) is 29.0. The average molecular weight is 735 g/mol. The van der Waals surface area contributed by atoms with Crippen molar-refractivity contribution < 1.29 is 44.1 Å². The molecule has 2 aromatic rings. The van der Waals surface area contributed by atoms with Crippen LogP contribution in [0.25, 0.3) is 0 Å². The van der Waals surface area contributed by atoms with Gasteiger partial charge in [0.2, 0.25) is 17.7 Å². The molecule has 0 aromatic heterocycles. The number of rotatable bonds is 19. The minimum Gasteiger partial charge on any atom is -0.480 e. The molecule has 0 bridgehead atoms. The Bertz CT molecular complexity index is 1470. The summed E-state index contributed by atoms with van der Waals surface area (Å²) in [6.45, 7) is 2.08. The molecule has 0 spiro atoms. The standard InChI is InChI=1S/C33H43ClN6O9S/c34-24-5-1-22(2-6-24)11-13-38-14-16-39(17-15-38)31(46)23-3-7-25(8-4-23)40(18-19-41)32(47)29(30(45)37-21-28(43)44)50-20-12-36-27(42)10-9-26(35)33(48)49/h1-8,26,29,41H,9-21,35H2,(H,36,42)(H,37,45)(H,43,44)(H,48,49)/t26-,29?/m1/s1. The van der Waals surface area contributed by atoms with Gasteiger partial charge in [0.15, 0.2) is 5.25 Å². The summed E-state index contributed by atoms with van der Waals surface area (Å²) in [4.78, 5) is 79.2. The number of nitrogens with zero attached hydrogens (tertiary/aromatic N) is 3. The van der Waals surface area contributed by atoms with Gasteiger partial charge in [0.1, 0.15) is 12.6 Å². The maximum Gasteiger partial charge on any atom is 0.322 e. The van der Waals surface area contributed by atoms with E-state index in [2.05, 4.69) is 15.5 Å².